The van der Waals surface area contributed by atoms with Crippen LogP contribution >= 0.6 is 0 Å². The predicted molar refractivity (Wildman–Crippen MR) is 66.5 cm³/mol. The molecule has 0 unspecified atom stereocenters. The Hall–Kier alpha value is -0.860. The Morgan fingerprint density at radius 2 is 1.88 bits per heavy atom. The second-order valence-corrected chi connectivity index (χ2v) is 4.60. The van der Waals surface area contributed by atoms with E-state index in [1.54, 1.807) is 7.11 Å². The average molecular weight is 219 g/mol. The van der Waals surface area contributed by atoms with Gasteiger partial charge in [-0.1, -0.05) is 24.3 Å². The molecule has 88 valence electrons. The molecule has 1 aliphatic heterocycles. The van der Waals surface area contributed by atoms with E-state index in [0.717, 1.165) is 12.5 Å². The highest BCUT2D eigenvalue weighted by Crippen LogP contribution is 2.20. The molecule has 0 spiro atoms. The van der Waals surface area contributed by atoms with Crippen LogP contribution in [0.3, 0.4) is 0 Å². The number of rotatable bonds is 4. The van der Waals surface area contributed by atoms with Crippen molar-refractivity contribution in [2.75, 3.05) is 20.2 Å². The molecule has 1 heterocycles. The summed E-state index contributed by atoms with van der Waals surface area (Å²) in [6, 6.07) is 8.66. The molecule has 0 aromatic heterocycles. The minimum absolute atomic E-state index is 0.737. The van der Waals surface area contributed by atoms with E-state index in [4.69, 9.17) is 4.74 Å². The van der Waals surface area contributed by atoms with Gasteiger partial charge < -0.3 is 10.1 Å². The maximum atomic E-state index is 5.25. The summed E-state index contributed by atoms with van der Waals surface area (Å²) in [4.78, 5) is 0. The first kappa shape index (κ1) is 11.6. The molecule has 0 bridgehead atoms. The predicted octanol–water partition coefficient (Wildman–Crippen LogP) is 2.38. The van der Waals surface area contributed by atoms with Gasteiger partial charge in [-0.25, -0.2) is 0 Å². The number of benzene rings is 1. The van der Waals surface area contributed by atoms with Gasteiger partial charge in [0.2, 0.25) is 0 Å². The lowest BCUT2D eigenvalue weighted by atomic mass is 9.89. The van der Waals surface area contributed by atoms with E-state index in [2.05, 4.69) is 29.6 Å². The number of ether oxygens (including phenoxy) is 1. The number of nitrogens with one attached hydrogen (secondary N) is 1. The normalized spacial score (nSPS) is 17.6. The maximum absolute atomic E-state index is 5.25. The molecule has 1 aromatic carbocycles. The molecule has 0 radical (unpaired) electrons. The first-order valence-electron chi connectivity index (χ1n) is 6.16. The molecule has 2 rings (SSSR count). The quantitative estimate of drug-likeness (QED) is 0.839. The van der Waals surface area contributed by atoms with Crippen LogP contribution in [0.5, 0.6) is 0 Å². The Balaban J connectivity index is 2.01. The summed E-state index contributed by atoms with van der Waals surface area (Å²) in [5, 5.41) is 3.42. The molecule has 0 amide bonds. The summed E-state index contributed by atoms with van der Waals surface area (Å²) >= 11 is 0. The molecule has 1 fully saturated rings. The van der Waals surface area contributed by atoms with Crippen molar-refractivity contribution in [3.8, 4) is 0 Å². The SMILES string of the molecule is COCc1ccccc1CC1CCNCC1. The van der Waals surface area contributed by atoms with Gasteiger partial charge in [0.25, 0.3) is 0 Å². The van der Waals surface area contributed by atoms with Crippen molar-refractivity contribution < 1.29 is 4.74 Å². The molecule has 16 heavy (non-hydrogen) atoms. The topological polar surface area (TPSA) is 21.3 Å². The molecule has 1 saturated heterocycles. The van der Waals surface area contributed by atoms with E-state index in [-0.39, 0.29) is 0 Å². The van der Waals surface area contributed by atoms with Crippen molar-refractivity contribution in [1.29, 1.82) is 0 Å². The third-order valence-corrected chi connectivity index (χ3v) is 3.39. The van der Waals surface area contributed by atoms with Gasteiger partial charge in [0.1, 0.15) is 0 Å². The zero-order valence-electron chi connectivity index (χ0n) is 10.0. The average Bonchev–Trinajstić information content (AvgIpc) is 2.33. The number of methoxy groups -OCH3 is 1. The van der Waals surface area contributed by atoms with Crippen molar-refractivity contribution >= 4 is 0 Å². The Kier molecular flexibility index (Phi) is 4.37. The van der Waals surface area contributed by atoms with Gasteiger partial charge in [0.15, 0.2) is 0 Å². The molecule has 1 aliphatic rings. The Morgan fingerprint density at radius 3 is 2.56 bits per heavy atom. The summed E-state index contributed by atoms with van der Waals surface area (Å²) < 4.78 is 5.25. The van der Waals surface area contributed by atoms with Crippen LogP contribution in [0, 0.1) is 5.92 Å². The second-order valence-electron chi connectivity index (χ2n) is 4.60. The van der Waals surface area contributed by atoms with Crippen LogP contribution in [0.2, 0.25) is 0 Å². The zero-order valence-corrected chi connectivity index (χ0v) is 10.0. The summed E-state index contributed by atoms with van der Waals surface area (Å²) in [6.45, 7) is 3.09. The highest BCUT2D eigenvalue weighted by atomic mass is 16.5. The molecule has 0 aliphatic carbocycles. The standard InChI is InChI=1S/C14H21NO/c1-16-11-14-5-3-2-4-13(14)10-12-6-8-15-9-7-12/h2-5,12,15H,6-11H2,1H3. The van der Waals surface area contributed by atoms with Gasteiger partial charge in [0, 0.05) is 7.11 Å². The Morgan fingerprint density at radius 1 is 1.19 bits per heavy atom. The summed E-state index contributed by atoms with van der Waals surface area (Å²) in [7, 11) is 1.77. The zero-order chi connectivity index (χ0) is 11.2. The van der Waals surface area contributed by atoms with Crippen LogP contribution in [0.15, 0.2) is 24.3 Å². The van der Waals surface area contributed by atoms with Gasteiger partial charge in [-0.15, -0.1) is 0 Å². The van der Waals surface area contributed by atoms with Crippen molar-refractivity contribution in [2.24, 2.45) is 5.92 Å². The third-order valence-electron chi connectivity index (χ3n) is 3.39. The van der Waals surface area contributed by atoms with E-state index in [0.29, 0.717) is 0 Å². The highest BCUT2D eigenvalue weighted by Gasteiger charge is 2.14. The van der Waals surface area contributed by atoms with Crippen LogP contribution in [-0.4, -0.2) is 20.2 Å². The molecule has 0 saturated carbocycles. The third kappa shape index (κ3) is 3.06. The minimum Gasteiger partial charge on any atom is -0.380 e. The van der Waals surface area contributed by atoms with Crippen molar-refractivity contribution in [1.82, 2.24) is 5.32 Å². The molecular weight excluding hydrogens is 198 g/mol. The van der Waals surface area contributed by atoms with Crippen LogP contribution in [0.1, 0.15) is 24.0 Å². The van der Waals surface area contributed by atoms with Gasteiger partial charge in [-0.2, -0.15) is 0 Å². The second kappa shape index (κ2) is 6.02. The van der Waals surface area contributed by atoms with E-state index in [9.17, 15) is 0 Å². The monoisotopic (exact) mass is 219 g/mol. The number of hydrogen-bond acceptors (Lipinski definition) is 2. The lowest BCUT2D eigenvalue weighted by Gasteiger charge is -2.23. The molecular formula is C14H21NO. The van der Waals surface area contributed by atoms with Gasteiger partial charge >= 0.3 is 0 Å². The smallest absolute Gasteiger partial charge is 0.0715 e. The van der Waals surface area contributed by atoms with Crippen LogP contribution in [0.25, 0.3) is 0 Å². The summed E-state index contributed by atoms with van der Waals surface area (Å²) in [6.07, 6.45) is 3.82. The van der Waals surface area contributed by atoms with Crippen LogP contribution in [-0.2, 0) is 17.8 Å². The first-order valence-corrected chi connectivity index (χ1v) is 6.16. The molecule has 1 aromatic rings. The number of hydrogen-bond donors (Lipinski definition) is 1. The van der Waals surface area contributed by atoms with Gasteiger partial charge in [-0.3, -0.25) is 0 Å². The summed E-state index contributed by atoms with van der Waals surface area (Å²) in [5.41, 5.74) is 2.82. The van der Waals surface area contributed by atoms with E-state index in [1.165, 1.54) is 43.5 Å². The van der Waals surface area contributed by atoms with Crippen molar-refractivity contribution in [3.05, 3.63) is 35.4 Å². The van der Waals surface area contributed by atoms with Crippen LogP contribution in [0.4, 0.5) is 0 Å². The fourth-order valence-electron chi connectivity index (χ4n) is 2.45. The minimum atomic E-state index is 0.737. The first-order chi connectivity index (χ1) is 7.90. The van der Waals surface area contributed by atoms with E-state index >= 15 is 0 Å². The largest absolute Gasteiger partial charge is 0.380 e. The molecule has 0 atom stereocenters. The van der Waals surface area contributed by atoms with Gasteiger partial charge in [0.05, 0.1) is 6.61 Å². The lowest BCUT2D eigenvalue weighted by molar-refractivity contribution is 0.183. The molecule has 1 N–H and O–H groups in total. The number of piperidine rings is 1. The fraction of sp³-hybridized carbons (Fsp3) is 0.571. The van der Waals surface area contributed by atoms with E-state index in [1.807, 2.05) is 0 Å². The summed E-state index contributed by atoms with van der Waals surface area (Å²) in [5.74, 6) is 0.847. The van der Waals surface area contributed by atoms with Crippen LogP contribution < -0.4 is 5.32 Å². The fourth-order valence-corrected chi connectivity index (χ4v) is 2.45. The molecule has 2 nitrogen and oxygen atoms in total. The lowest BCUT2D eigenvalue weighted by Crippen LogP contribution is -2.28. The van der Waals surface area contributed by atoms with Gasteiger partial charge in [-0.05, 0) is 49.4 Å². The van der Waals surface area contributed by atoms with Crippen molar-refractivity contribution in [2.45, 2.75) is 25.9 Å². The van der Waals surface area contributed by atoms with E-state index < -0.39 is 0 Å². The Labute approximate surface area is 98.0 Å². The highest BCUT2D eigenvalue weighted by molar-refractivity contribution is 5.27. The maximum Gasteiger partial charge on any atom is 0.0715 e. The van der Waals surface area contributed by atoms with Crippen molar-refractivity contribution in [3.63, 3.8) is 0 Å². The Bertz CT molecular complexity index is 318. The molecule has 2 heteroatoms.